The quantitative estimate of drug-likeness (QED) is 0.225. The summed E-state index contributed by atoms with van der Waals surface area (Å²) in [5, 5.41) is 12.1. The first-order valence-electron chi connectivity index (χ1n) is 11.3. The minimum Gasteiger partial charge on any atom is -0.496 e. The third-order valence-electron chi connectivity index (χ3n) is 5.59. The van der Waals surface area contributed by atoms with Gasteiger partial charge in [0.2, 0.25) is 5.91 Å². The van der Waals surface area contributed by atoms with Gasteiger partial charge >= 0.3 is 0 Å². The molecular formula is C28H28N4O2S. The number of carbonyl (C=O) groups is 1. The molecule has 0 fully saturated rings. The van der Waals surface area contributed by atoms with E-state index in [1.807, 2.05) is 91.2 Å². The first-order valence-corrected chi connectivity index (χ1v) is 12.2. The van der Waals surface area contributed by atoms with Crippen LogP contribution in [0.4, 0.5) is 5.69 Å². The van der Waals surface area contributed by atoms with Gasteiger partial charge in [0.05, 0.1) is 12.7 Å². The van der Waals surface area contributed by atoms with Crippen LogP contribution in [0.2, 0.25) is 0 Å². The van der Waals surface area contributed by atoms with Crippen molar-refractivity contribution in [2.24, 2.45) is 0 Å². The molecule has 0 saturated carbocycles. The molecule has 0 aliphatic rings. The highest BCUT2D eigenvalue weighted by Crippen LogP contribution is 2.38. The van der Waals surface area contributed by atoms with Crippen molar-refractivity contribution in [2.75, 3.05) is 12.4 Å². The molecular weight excluding hydrogens is 456 g/mol. The maximum absolute atomic E-state index is 13.6. The number of benzene rings is 3. The predicted molar refractivity (Wildman–Crippen MR) is 142 cm³/mol. The minimum atomic E-state index is -0.533. The first kappa shape index (κ1) is 24.3. The van der Waals surface area contributed by atoms with Crippen molar-refractivity contribution in [1.82, 2.24) is 14.8 Å². The van der Waals surface area contributed by atoms with E-state index < -0.39 is 5.25 Å². The van der Waals surface area contributed by atoms with Crippen LogP contribution in [0.15, 0.2) is 90.6 Å². The van der Waals surface area contributed by atoms with E-state index in [0.29, 0.717) is 23.3 Å². The molecule has 0 saturated heterocycles. The first-order chi connectivity index (χ1) is 17.0. The zero-order chi connectivity index (χ0) is 24.8. The lowest BCUT2D eigenvalue weighted by Crippen LogP contribution is -2.20. The standard InChI is InChI=1S/C28H28N4O2S/c1-5-17-32-26(22-13-9-10-14-24(22)34-4)30-31-28(32)35-25(21-11-7-6-8-12-21)27(33)29-23-18-19(2)15-16-20(23)3/h5-16,18,25H,1,17H2,2-4H3,(H,29,33). The highest BCUT2D eigenvalue weighted by atomic mass is 32.2. The Kier molecular flexibility index (Phi) is 7.67. The van der Waals surface area contributed by atoms with Crippen LogP contribution in [0, 0.1) is 13.8 Å². The summed E-state index contributed by atoms with van der Waals surface area (Å²) in [6, 6.07) is 23.4. The number of anilines is 1. The van der Waals surface area contributed by atoms with Crippen LogP contribution in [-0.2, 0) is 11.3 Å². The number of thioether (sulfide) groups is 1. The van der Waals surface area contributed by atoms with Gasteiger partial charge in [-0.15, -0.1) is 16.8 Å². The van der Waals surface area contributed by atoms with E-state index in [0.717, 1.165) is 27.9 Å². The third-order valence-corrected chi connectivity index (χ3v) is 6.83. The number of rotatable bonds is 9. The molecule has 1 atom stereocenters. The summed E-state index contributed by atoms with van der Waals surface area (Å²) in [5.74, 6) is 1.24. The van der Waals surface area contributed by atoms with E-state index >= 15 is 0 Å². The number of aromatic nitrogens is 3. The van der Waals surface area contributed by atoms with Gasteiger partial charge in [0.15, 0.2) is 11.0 Å². The SMILES string of the molecule is C=CCn1c(SC(C(=O)Nc2cc(C)ccc2C)c2ccccc2)nnc1-c1ccccc1OC. The van der Waals surface area contributed by atoms with Gasteiger partial charge in [-0.2, -0.15) is 0 Å². The topological polar surface area (TPSA) is 69.0 Å². The van der Waals surface area contributed by atoms with E-state index in [1.165, 1.54) is 11.8 Å². The Morgan fingerprint density at radius 2 is 1.83 bits per heavy atom. The molecule has 0 spiro atoms. The molecule has 3 aromatic carbocycles. The van der Waals surface area contributed by atoms with Crippen LogP contribution in [-0.4, -0.2) is 27.8 Å². The number of amides is 1. The third kappa shape index (κ3) is 5.46. The largest absolute Gasteiger partial charge is 0.496 e. The fraction of sp³-hybridized carbons (Fsp3) is 0.179. The highest BCUT2D eigenvalue weighted by molar-refractivity contribution is 8.00. The number of ether oxygens (including phenoxy) is 1. The lowest BCUT2D eigenvalue weighted by atomic mass is 10.1. The number of carbonyl (C=O) groups excluding carboxylic acids is 1. The van der Waals surface area contributed by atoms with E-state index in [9.17, 15) is 4.79 Å². The molecule has 0 radical (unpaired) electrons. The normalized spacial score (nSPS) is 11.6. The summed E-state index contributed by atoms with van der Waals surface area (Å²) < 4.78 is 7.50. The maximum atomic E-state index is 13.6. The summed E-state index contributed by atoms with van der Waals surface area (Å²) in [5.41, 5.74) is 4.61. The van der Waals surface area contributed by atoms with Crippen molar-refractivity contribution in [3.8, 4) is 17.1 Å². The number of methoxy groups -OCH3 is 1. The smallest absolute Gasteiger partial charge is 0.242 e. The average Bonchev–Trinajstić information content (AvgIpc) is 3.27. The van der Waals surface area contributed by atoms with Gasteiger partial charge in [-0.3, -0.25) is 9.36 Å². The Morgan fingerprint density at radius 3 is 2.57 bits per heavy atom. The number of aryl methyl sites for hydroxylation is 2. The van der Waals surface area contributed by atoms with Gasteiger partial charge in [0.1, 0.15) is 11.0 Å². The predicted octanol–water partition coefficient (Wildman–Crippen LogP) is 6.23. The Bertz CT molecular complexity index is 1330. The molecule has 1 unspecified atom stereocenters. The summed E-state index contributed by atoms with van der Waals surface area (Å²) in [7, 11) is 1.63. The van der Waals surface area contributed by atoms with Gasteiger partial charge in [-0.1, -0.05) is 72.4 Å². The highest BCUT2D eigenvalue weighted by Gasteiger charge is 2.27. The van der Waals surface area contributed by atoms with Gasteiger partial charge < -0.3 is 10.1 Å². The monoisotopic (exact) mass is 484 g/mol. The summed E-state index contributed by atoms with van der Waals surface area (Å²) in [6.45, 7) is 8.39. The van der Waals surface area contributed by atoms with Crippen molar-refractivity contribution < 1.29 is 9.53 Å². The van der Waals surface area contributed by atoms with Crippen molar-refractivity contribution in [1.29, 1.82) is 0 Å². The minimum absolute atomic E-state index is 0.123. The Balaban J connectivity index is 1.72. The number of para-hydroxylation sites is 1. The Hall–Kier alpha value is -3.84. The fourth-order valence-corrected chi connectivity index (χ4v) is 4.82. The van der Waals surface area contributed by atoms with Crippen molar-refractivity contribution >= 4 is 23.4 Å². The second kappa shape index (κ2) is 11.1. The average molecular weight is 485 g/mol. The summed E-state index contributed by atoms with van der Waals surface area (Å²) >= 11 is 1.36. The zero-order valence-corrected chi connectivity index (χ0v) is 20.9. The Morgan fingerprint density at radius 1 is 1.09 bits per heavy atom. The van der Waals surface area contributed by atoms with Crippen LogP contribution in [0.5, 0.6) is 5.75 Å². The van der Waals surface area contributed by atoms with Gasteiger partial charge in [0, 0.05) is 12.2 Å². The number of hydrogen-bond donors (Lipinski definition) is 1. The molecule has 4 rings (SSSR count). The molecule has 35 heavy (non-hydrogen) atoms. The van der Waals surface area contributed by atoms with E-state index in [4.69, 9.17) is 4.74 Å². The number of nitrogens with one attached hydrogen (secondary N) is 1. The molecule has 7 heteroatoms. The molecule has 1 amide bonds. The van der Waals surface area contributed by atoms with Crippen molar-refractivity contribution in [2.45, 2.75) is 30.8 Å². The fourth-order valence-electron chi connectivity index (χ4n) is 3.77. The van der Waals surface area contributed by atoms with Gasteiger partial charge in [-0.05, 0) is 48.7 Å². The number of allylic oxidation sites excluding steroid dienone is 1. The molecule has 1 aromatic heterocycles. The molecule has 1 N–H and O–H groups in total. The lowest BCUT2D eigenvalue weighted by Gasteiger charge is -2.18. The van der Waals surface area contributed by atoms with Crippen LogP contribution >= 0.6 is 11.8 Å². The molecule has 4 aromatic rings. The van der Waals surface area contributed by atoms with Gasteiger partial charge in [-0.25, -0.2) is 0 Å². The van der Waals surface area contributed by atoms with Crippen molar-refractivity contribution in [3.05, 3.63) is 102 Å². The second-order valence-corrected chi connectivity index (χ2v) is 9.19. The molecule has 0 aliphatic heterocycles. The lowest BCUT2D eigenvalue weighted by molar-refractivity contribution is -0.115. The molecule has 1 heterocycles. The van der Waals surface area contributed by atoms with Crippen LogP contribution in [0.1, 0.15) is 21.9 Å². The molecule has 0 bridgehead atoms. The van der Waals surface area contributed by atoms with E-state index in [-0.39, 0.29) is 5.91 Å². The van der Waals surface area contributed by atoms with E-state index in [1.54, 1.807) is 13.2 Å². The van der Waals surface area contributed by atoms with Crippen LogP contribution < -0.4 is 10.1 Å². The maximum Gasteiger partial charge on any atom is 0.242 e. The summed E-state index contributed by atoms with van der Waals surface area (Å²) in [6.07, 6.45) is 1.79. The Labute approximate surface area is 210 Å². The van der Waals surface area contributed by atoms with E-state index in [2.05, 4.69) is 22.1 Å². The summed E-state index contributed by atoms with van der Waals surface area (Å²) in [4.78, 5) is 13.6. The van der Waals surface area contributed by atoms with Gasteiger partial charge in [0.25, 0.3) is 0 Å². The van der Waals surface area contributed by atoms with Crippen LogP contribution in [0.25, 0.3) is 11.4 Å². The molecule has 0 aliphatic carbocycles. The second-order valence-electron chi connectivity index (χ2n) is 8.12. The number of nitrogens with zero attached hydrogens (tertiary/aromatic N) is 3. The molecule has 6 nitrogen and oxygen atoms in total. The number of hydrogen-bond acceptors (Lipinski definition) is 5. The van der Waals surface area contributed by atoms with Crippen LogP contribution in [0.3, 0.4) is 0 Å². The zero-order valence-electron chi connectivity index (χ0n) is 20.1. The van der Waals surface area contributed by atoms with Crippen molar-refractivity contribution in [3.63, 3.8) is 0 Å². The molecule has 178 valence electrons.